The van der Waals surface area contributed by atoms with Crippen molar-refractivity contribution in [1.82, 2.24) is 10.2 Å². The molecular formula is C25H28N2O4. The van der Waals surface area contributed by atoms with Crippen molar-refractivity contribution >= 4 is 17.7 Å². The maximum absolute atomic E-state index is 13.1. The molecule has 1 heterocycles. The number of hydrogen-bond donors (Lipinski definition) is 1. The number of Topliss-reactive ketones (excluding diaryl/α,β-unsaturated/α-hetero) is 1. The van der Waals surface area contributed by atoms with Gasteiger partial charge >= 0.3 is 6.03 Å². The normalized spacial score (nSPS) is 21.8. The maximum Gasteiger partial charge on any atom is 0.325 e. The van der Waals surface area contributed by atoms with E-state index in [1.54, 1.807) is 38.3 Å². The van der Waals surface area contributed by atoms with Crippen LogP contribution in [0.1, 0.15) is 66.4 Å². The Bertz CT molecular complexity index is 995. The monoisotopic (exact) mass is 420 g/mol. The highest BCUT2D eigenvalue weighted by atomic mass is 16.5. The quantitative estimate of drug-likeness (QED) is 0.555. The number of benzene rings is 2. The van der Waals surface area contributed by atoms with E-state index in [2.05, 4.69) is 5.32 Å². The van der Waals surface area contributed by atoms with Crippen LogP contribution in [0.25, 0.3) is 0 Å². The van der Waals surface area contributed by atoms with Crippen molar-refractivity contribution in [2.24, 2.45) is 0 Å². The number of ether oxygens (including phenoxy) is 1. The van der Waals surface area contributed by atoms with E-state index in [-0.39, 0.29) is 12.3 Å². The third-order valence-electron chi connectivity index (χ3n) is 6.53. The molecule has 1 aliphatic carbocycles. The highest BCUT2D eigenvalue weighted by molar-refractivity contribution is 6.11. The molecule has 0 spiro atoms. The van der Waals surface area contributed by atoms with E-state index in [0.29, 0.717) is 22.8 Å². The van der Waals surface area contributed by atoms with Crippen LogP contribution in [-0.2, 0) is 10.3 Å². The SMILES string of the molecule is COc1cccc([C@]2(C)NC(=O)N(CC(=O)c3ccc(C4CCCCC4)cc3)C2=O)c1. The Morgan fingerprint density at radius 3 is 2.48 bits per heavy atom. The van der Waals surface area contributed by atoms with E-state index in [9.17, 15) is 14.4 Å². The predicted molar refractivity (Wildman–Crippen MR) is 117 cm³/mol. The Labute approximate surface area is 182 Å². The molecule has 1 aliphatic heterocycles. The summed E-state index contributed by atoms with van der Waals surface area (Å²) in [5, 5.41) is 2.74. The van der Waals surface area contributed by atoms with Gasteiger partial charge in [-0.15, -0.1) is 0 Å². The fraction of sp³-hybridized carbons (Fsp3) is 0.400. The van der Waals surface area contributed by atoms with Gasteiger partial charge in [0.05, 0.1) is 13.7 Å². The highest BCUT2D eigenvalue weighted by Crippen LogP contribution is 2.33. The first-order valence-corrected chi connectivity index (χ1v) is 10.8. The molecule has 1 saturated carbocycles. The molecule has 6 nitrogen and oxygen atoms in total. The summed E-state index contributed by atoms with van der Waals surface area (Å²) < 4.78 is 5.23. The summed E-state index contributed by atoms with van der Waals surface area (Å²) in [4.78, 5) is 39.5. The van der Waals surface area contributed by atoms with Crippen molar-refractivity contribution in [2.75, 3.05) is 13.7 Å². The molecule has 31 heavy (non-hydrogen) atoms. The lowest BCUT2D eigenvalue weighted by atomic mass is 9.84. The molecule has 2 fully saturated rings. The summed E-state index contributed by atoms with van der Waals surface area (Å²) in [7, 11) is 1.54. The van der Waals surface area contributed by atoms with Crippen molar-refractivity contribution in [2.45, 2.75) is 50.5 Å². The number of carbonyl (C=O) groups is 3. The second kappa shape index (κ2) is 8.53. The standard InChI is InChI=1S/C25H28N2O4/c1-25(20-9-6-10-21(15-20)31-2)23(29)27(24(30)26-25)16-22(28)19-13-11-18(12-14-19)17-7-4-3-5-8-17/h6,9-15,17H,3-5,7-8,16H2,1-2H3,(H,26,30)/t25-/m0/s1. The topological polar surface area (TPSA) is 75.7 Å². The van der Waals surface area contributed by atoms with Crippen molar-refractivity contribution < 1.29 is 19.1 Å². The number of urea groups is 1. The van der Waals surface area contributed by atoms with Crippen molar-refractivity contribution in [3.8, 4) is 5.75 Å². The number of hydrogen-bond acceptors (Lipinski definition) is 4. The number of carbonyl (C=O) groups excluding carboxylic acids is 3. The molecule has 1 saturated heterocycles. The number of amides is 3. The van der Waals surface area contributed by atoms with Crippen molar-refractivity contribution in [3.05, 3.63) is 65.2 Å². The fourth-order valence-electron chi connectivity index (χ4n) is 4.58. The van der Waals surface area contributed by atoms with Crippen LogP contribution in [0.4, 0.5) is 4.79 Å². The number of nitrogens with zero attached hydrogens (tertiary/aromatic N) is 1. The Balaban J connectivity index is 1.48. The lowest BCUT2D eigenvalue weighted by Gasteiger charge is -2.23. The molecule has 2 aromatic carbocycles. The van der Waals surface area contributed by atoms with Crippen LogP contribution in [0, 0.1) is 0 Å². The average Bonchev–Trinajstić information content (AvgIpc) is 3.03. The summed E-state index contributed by atoms with van der Waals surface area (Å²) in [5.41, 5.74) is 1.14. The lowest BCUT2D eigenvalue weighted by Crippen LogP contribution is -2.41. The molecular weight excluding hydrogens is 392 g/mol. The first-order valence-electron chi connectivity index (χ1n) is 10.8. The smallest absolute Gasteiger partial charge is 0.325 e. The van der Waals surface area contributed by atoms with Gasteiger partial charge in [-0.3, -0.25) is 14.5 Å². The second-order valence-corrected chi connectivity index (χ2v) is 8.56. The Morgan fingerprint density at radius 2 is 1.81 bits per heavy atom. The third kappa shape index (κ3) is 4.07. The Kier molecular flexibility index (Phi) is 5.81. The van der Waals surface area contributed by atoms with Crippen LogP contribution in [0.15, 0.2) is 48.5 Å². The van der Waals surface area contributed by atoms with Crippen molar-refractivity contribution in [1.29, 1.82) is 0 Å². The van der Waals surface area contributed by atoms with Crippen molar-refractivity contribution in [3.63, 3.8) is 0 Å². The molecule has 1 atom stereocenters. The van der Waals surface area contributed by atoms with Crippen LogP contribution >= 0.6 is 0 Å². The van der Waals surface area contributed by atoms with E-state index >= 15 is 0 Å². The Hall–Kier alpha value is -3.15. The summed E-state index contributed by atoms with van der Waals surface area (Å²) in [5.74, 6) is 0.451. The highest BCUT2D eigenvalue weighted by Gasteiger charge is 2.49. The van der Waals surface area contributed by atoms with Gasteiger partial charge in [-0.2, -0.15) is 0 Å². The molecule has 0 unspecified atom stereocenters. The van der Waals surface area contributed by atoms with Crippen LogP contribution in [0.2, 0.25) is 0 Å². The molecule has 3 amide bonds. The van der Waals surface area contributed by atoms with E-state index < -0.39 is 17.5 Å². The predicted octanol–water partition coefficient (Wildman–Crippen LogP) is 4.39. The number of rotatable bonds is 6. The van der Waals surface area contributed by atoms with E-state index in [0.717, 1.165) is 4.90 Å². The summed E-state index contributed by atoms with van der Waals surface area (Å²) in [6, 6.07) is 14.1. The zero-order valence-electron chi connectivity index (χ0n) is 18.0. The van der Waals surface area contributed by atoms with Gasteiger partial charge in [-0.25, -0.2) is 4.79 Å². The molecule has 6 heteroatoms. The molecule has 0 bridgehead atoms. The van der Waals surface area contributed by atoms with Gasteiger partial charge in [0.1, 0.15) is 11.3 Å². The summed E-state index contributed by atoms with van der Waals surface area (Å²) in [6.45, 7) is 1.36. The van der Waals surface area contributed by atoms with Crippen LogP contribution < -0.4 is 10.1 Å². The Morgan fingerprint density at radius 1 is 1.10 bits per heavy atom. The van der Waals surface area contributed by atoms with Gasteiger partial charge in [0.25, 0.3) is 5.91 Å². The first kappa shape index (κ1) is 21.1. The number of imide groups is 1. The molecule has 0 aromatic heterocycles. The zero-order valence-corrected chi connectivity index (χ0v) is 18.0. The number of methoxy groups -OCH3 is 1. The fourth-order valence-corrected chi connectivity index (χ4v) is 4.58. The minimum atomic E-state index is -1.24. The average molecular weight is 421 g/mol. The number of ketones is 1. The van der Waals surface area contributed by atoms with Crippen LogP contribution in [-0.4, -0.2) is 36.3 Å². The summed E-state index contributed by atoms with van der Waals surface area (Å²) >= 11 is 0. The first-order chi connectivity index (χ1) is 14.9. The molecule has 162 valence electrons. The largest absolute Gasteiger partial charge is 0.497 e. The van der Waals surface area contributed by atoms with Gasteiger partial charge in [0, 0.05) is 5.56 Å². The van der Waals surface area contributed by atoms with Gasteiger partial charge in [-0.05, 0) is 48.9 Å². The maximum atomic E-state index is 13.1. The molecule has 2 aromatic rings. The van der Waals surface area contributed by atoms with Gasteiger partial charge in [0.15, 0.2) is 5.78 Å². The van der Waals surface area contributed by atoms with Gasteiger partial charge in [-0.1, -0.05) is 55.7 Å². The van der Waals surface area contributed by atoms with E-state index in [4.69, 9.17) is 4.74 Å². The minimum Gasteiger partial charge on any atom is -0.497 e. The second-order valence-electron chi connectivity index (χ2n) is 8.56. The van der Waals surface area contributed by atoms with Gasteiger partial charge in [0.2, 0.25) is 0 Å². The molecule has 1 N–H and O–H groups in total. The number of nitrogens with one attached hydrogen (secondary N) is 1. The summed E-state index contributed by atoms with van der Waals surface area (Å²) in [6.07, 6.45) is 6.19. The van der Waals surface area contributed by atoms with Crippen LogP contribution in [0.3, 0.4) is 0 Å². The lowest BCUT2D eigenvalue weighted by molar-refractivity contribution is -0.130. The third-order valence-corrected chi connectivity index (χ3v) is 6.53. The van der Waals surface area contributed by atoms with E-state index in [1.807, 2.05) is 24.3 Å². The molecule has 2 aliphatic rings. The van der Waals surface area contributed by atoms with E-state index in [1.165, 1.54) is 37.7 Å². The van der Waals surface area contributed by atoms with Gasteiger partial charge < -0.3 is 10.1 Å². The zero-order chi connectivity index (χ0) is 22.0. The minimum absolute atomic E-state index is 0.256. The van der Waals surface area contributed by atoms with Crippen LogP contribution in [0.5, 0.6) is 5.75 Å². The molecule has 4 rings (SSSR count). The molecule has 0 radical (unpaired) electrons.